The highest BCUT2D eigenvalue weighted by Crippen LogP contribution is 2.12. The van der Waals surface area contributed by atoms with Gasteiger partial charge in [0.05, 0.1) is 5.75 Å². The molecule has 0 aliphatic carbocycles. The fourth-order valence-electron chi connectivity index (χ4n) is 1.37. The second-order valence-corrected chi connectivity index (χ2v) is 5.84. The molecule has 1 heterocycles. The van der Waals surface area contributed by atoms with Gasteiger partial charge in [0.1, 0.15) is 5.82 Å². The average molecular weight is 302 g/mol. The molecule has 0 unspecified atom stereocenters. The van der Waals surface area contributed by atoms with Crippen LogP contribution >= 0.6 is 11.6 Å². The Morgan fingerprint density at radius 3 is 2.37 bits per heavy atom. The van der Waals surface area contributed by atoms with Gasteiger partial charge in [-0.05, 0) is 29.8 Å². The van der Waals surface area contributed by atoms with Crippen molar-refractivity contribution in [3.05, 3.63) is 52.9 Å². The Labute approximate surface area is 114 Å². The van der Waals surface area contributed by atoms with Gasteiger partial charge in [-0.1, -0.05) is 23.7 Å². The second-order valence-electron chi connectivity index (χ2n) is 3.73. The molecule has 1 N–H and O–H groups in total. The molecule has 0 amide bonds. The average Bonchev–Trinajstić information content (AvgIpc) is 2.34. The summed E-state index contributed by atoms with van der Waals surface area (Å²) in [5.41, 5.74) is 0.468. The van der Waals surface area contributed by atoms with Gasteiger partial charge in [0, 0.05) is 0 Å². The minimum atomic E-state index is -3.63. The number of nitrogens with one attached hydrogen (secondary N) is 1. The number of nitrogens with zero attached hydrogens (tertiary/aromatic N) is 2. The van der Waals surface area contributed by atoms with Crippen LogP contribution in [0.15, 0.2) is 36.4 Å². The van der Waals surface area contributed by atoms with Crippen molar-refractivity contribution < 1.29 is 12.8 Å². The van der Waals surface area contributed by atoms with Crippen LogP contribution < -0.4 is 4.72 Å². The van der Waals surface area contributed by atoms with E-state index in [1.165, 1.54) is 36.4 Å². The zero-order valence-corrected chi connectivity index (χ0v) is 11.1. The van der Waals surface area contributed by atoms with Gasteiger partial charge in [-0.15, -0.1) is 10.2 Å². The maximum atomic E-state index is 12.7. The van der Waals surface area contributed by atoms with Crippen LogP contribution in [0.3, 0.4) is 0 Å². The maximum absolute atomic E-state index is 12.7. The highest BCUT2D eigenvalue weighted by molar-refractivity contribution is 7.91. The van der Waals surface area contributed by atoms with Gasteiger partial charge in [0.15, 0.2) is 11.0 Å². The molecule has 2 rings (SSSR count). The number of hydrogen-bond acceptors (Lipinski definition) is 4. The number of hydrogen-bond donors (Lipinski definition) is 1. The minimum Gasteiger partial charge on any atom is -0.266 e. The van der Waals surface area contributed by atoms with Gasteiger partial charge in [-0.2, -0.15) is 0 Å². The number of rotatable bonds is 4. The van der Waals surface area contributed by atoms with Gasteiger partial charge in [-0.25, -0.2) is 12.8 Å². The van der Waals surface area contributed by atoms with E-state index in [0.717, 1.165) is 0 Å². The Balaban J connectivity index is 2.10. The summed E-state index contributed by atoms with van der Waals surface area (Å²) in [7, 11) is -3.63. The van der Waals surface area contributed by atoms with Crippen LogP contribution in [-0.4, -0.2) is 18.6 Å². The predicted octanol–water partition coefficient (Wildman–Crippen LogP) is 2.21. The topological polar surface area (TPSA) is 72.0 Å². The van der Waals surface area contributed by atoms with Crippen molar-refractivity contribution in [2.75, 3.05) is 4.72 Å². The number of halogens is 2. The van der Waals surface area contributed by atoms with Gasteiger partial charge >= 0.3 is 0 Å². The Morgan fingerprint density at radius 2 is 1.79 bits per heavy atom. The Morgan fingerprint density at radius 1 is 1.11 bits per heavy atom. The van der Waals surface area contributed by atoms with Gasteiger partial charge in [0.2, 0.25) is 10.0 Å². The SMILES string of the molecule is O=S(=O)(Cc1ccc(F)cc1)Nc1ccc(Cl)nn1. The summed E-state index contributed by atoms with van der Waals surface area (Å²) in [6.45, 7) is 0. The predicted molar refractivity (Wildman–Crippen MR) is 69.7 cm³/mol. The van der Waals surface area contributed by atoms with Crippen LogP contribution in [0, 0.1) is 5.82 Å². The lowest BCUT2D eigenvalue weighted by Gasteiger charge is -2.06. The quantitative estimate of drug-likeness (QED) is 0.940. The van der Waals surface area contributed by atoms with Crippen molar-refractivity contribution in [2.24, 2.45) is 0 Å². The van der Waals surface area contributed by atoms with E-state index in [4.69, 9.17) is 11.6 Å². The van der Waals surface area contributed by atoms with E-state index < -0.39 is 15.8 Å². The molecular formula is C11H9ClFN3O2S. The summed E-state index contributed by atoms with van der Waals surface area (Å²) in [6.07, 6.45) is 0. The fourth-order valence-corrected chi connectivity index (χ4v) is 2.60. The molecule has 8 heteroatoms. The summed E-state index contributed by atoms with van der Waals surface area (Å²) in [5.74, 6) is -0.624. The van der Waals surface area contributed by atoms with Crippen LogP contribution in [0.5, 0.6) is 0 Å². The molecule has 0 aliphatic heterocycles. The van der Waals surface area contributed by atoms with Crippen molar-refractivity contribution in [1.82, 2.24) is 10.2 Å². The number of benzene rings is 1. The molecule has 5 nitrogen and oxygen atoms in total. The van der Waals surface area contributed by atoms with E-state index in [1.807, 2.05) is 0 Å². The van der Waals surface area contributed by atoms with Crippen molar-refractivity contribution >= 4 is 27.4 Å². The lowest BCUT2D eigenvalue weighted by atomic mass is 10.2. The molecule has 0 aliphatic rings. The van der Waals surface area contributed by atoms with Crippen molar-refractivity contribution in [3.8, 4) is 0 Å². The monoisotopic (exact) mass is 301 g/mol. The van der Waals surface area contributed by atoms with Crippen molar-refractivity contribution in [2.45, 2.75) is 5.75 Å². The summed E-state index contributed by atoms with van der Waals surface area (Å²) >= 11 is 5.54. The Hall–Kier alpha value is -1.73. The third-order valence-electron chi connectivity index (χ3n) is 2.16. The van der Waals surface area contributed by atoms with E-state index in [0.29, 0.717) is 5.56 Å². The normalized spacial score (nSPS) is 11.3. The molecule has 0 spiro atoms. The van der Waals surface area contributed by atoms with E-state index in [2.05, 4.69) is 14.9 Å². The number of sulfonamides is 1. The number of aromatic nitrogens is 2. The molecule has 19 heavy (non-hydrogen) atoms. The molecular weight excluding hydrogens is 293 g/mol. The van der Waals surface area contributed by atoms with E-state index in [1.54, 1.807) is 0 Å². The summed E-state index contributed by atoms with van der Waals surface area (Å²) in [4.78, 5) is 0. The third-order valence-corrected chi connectivity index (χ3v) is 3.60. The lowest BCUT2D eigenvalue weighted by Crippen LogP contribution is -2.16. The second kappa shape index (κ2) is 5.50. The van der Waals surface area contributed by atoms with Gasteiger partial charge in [-0.3, -0.25) is 4.72 Å². The van der Waals surface area contributed by atoms with Crippen LogP contribution in [0.4, 0.5) is 10.2 Å². The highest BCUT2D eigenvalue weighted by atomic mass is 35.5. The zero-order valence-electron chi connectivity index (χ0n) is 9.55. The number of anilines is 1. The molecule has 0 fully saturated rings. The lowest BCUT2D eigenvalue weighted by molar-refractivity contribution is 0.599. The van der Waals surface area contributed by atoms with E-state index >= 15 is 0 Å². The summed E-state index contributed by atoms with van der Waals surface area (Å²) in [5, 5.41) is 7.28. The molecule has 1 aromatic carbocycles. The standard InChI is InChI=1S/C11H9ClFN3O2S/c12-10-5-6-11(15-14-10)16-19(17,18)7-8-1-3-9(13)4-2-8/h1-6H,7H2,(H,15,16). The molecule has 1 aromatic heterocycles. The van der Waals surface area contributed by atoms with Crippen LogP contribution in [0.25, 0.3) is 0 Å². The van der Waals surface area contributed by atoms with Gasteiger partial charge in [0.25, 0.3) is 0 Å². The maximum Gasteiger partial charge on any atom is 0.238 e. The minimum absolute atomic E-state index is 0.0755. The molecule has 0 atom stereocenters. The first-order valence-corrected chi connectivity index (χ1v) is 7.22. The van der Waals surface area contributed by atoms with Crippen molar-refractivity contribution in [1.29, 1.82) is 0 Å². The zero-order chi connectivity index (χ0) is 13.9. The highest BCUT2D eigenvalue weighted by Gasteiger charge is 2.12. The first-order valence-electron chi connectivity index (χ1n) is 5.19. The third kappa shape index (κ3) is 4.15. The molecule has 2 aromatic rings. The van der Waals surface area contributed by atoms with E-state index in [9.17, 15) is 12.8 Å². The first kappa shape index (κ1) is 13.7. The summed E-state index contributed by atoms with van der Waals surface area (Å²) in [6, 6.07) is 8.03. The Bertz CT molecular complexity index is 606. The Kier molecular flexibility index (Phi) is 3.96. The van der Waals surface area contributed by atoms with Crippen LogP contribution in [0.1, 0.15) is 5.56 Å². The van der Waals surface area contributed by atoms with Crippen LogP contribution in [0.2, 0.25) is 5.15 Å². The van der Waals surface area contributed by atoms with Crippen molar-refractivity contribution in [3.63, 3.8) is 0 Å². The smallest absolute Gasteiger partial charge is 0.238 e. The molecule has 0 saturated heterocycles. The fraction of sp³-hybridized carbons (Fsp3) is 0.0909. The molecule has 0 saturated carbocycles. The van der Waals surface area contributed by atoms with Crippen LogP contribution in [-0.2, 0) is 15.8 Å². The van der Waals surface area contributed by atoms with E-state index in [-0.39, 0.29) is 16.7 Å². The summed E-state index contributed by atoms with van der Waals surface area (Å²) < 4.78 is 38.6. The largest absolute Gasteiger partial charge is 0.266 e. The molecule has 100 valence electrons. The first-order chi connectivity index (χ1) is 8.94. The molecule has 0 bridgehead atoms. The van der Waals surface area contributed by atoms with Gasteiger partial charge < -0.3 is 0 Å². The molecule has 0 radical (unpaired) electrons.